The van der Waals surface area contributed by atoms with Gasteiger partial charge in [-0.05, 0) is 36.8 Å². The molecule has 0 atom stereocenters. The van der Waals surface area contributed by atoms with Gasteiger partial charge in [0.25, 0.3) is 5.91 Å². The van der Waals surface area contributed by atoms with E-state index < -0.39 is 5.91 Å². The zero-order valence-electron chi connectivity index (χ0n) is 12.2. The van der Waals surface area contributed by atoms with Crippen molar-refractivity contribution in [2.75, 3.05) is 0 Å². The van der Waals surface area contributed by atoms with E-state index in [-0.39, 0.29) is 16.6 Å². The van der Waals surface area contributed by atoms with Crippen LogP contribution in [-0.4, -0.2) is 16.0 Å². The lowest BCUT2D eigenvalue weighted by Crippen LogP contribution is -2.13. The van der Waals surface area contributed by atoms with E-state index in [1.165, 1.54) is 0 Å². The molecular formula is C17H13ClN2O3. The van der Waals surface area contributed by atoms with Crippen molar-refractivity contribution in [1.29, 1.82) is 0 Å². The molecular weight excluding hydrogens is 316 g/mol. The lowest BCUT2D eigenvalue weighted by atomic mass is 10.0. The summed E-state index contributed by atoms with van der Waals surface area (Å²) in [5.41, 5.74) is 5.66. The van der Waals surface area contributed by atoms with Gasteiger partial charge in [0.2, 0.25) is 0 Å². The molecule has 1 heterocycles. The van der Waals surface area contributed by atoms with Crippen molar-refractivity contribution in [3.63, 3.8) is 0 Å². The van der Waals surface area contributed by atoms with Gasteiger partial charge in [0.1, 0.15) is 16.7 Å². The topological polar surface area (TPSA) is 85.4 Å². The quantitative estimate of drug-likeness (QED) is 0.716. The number of carbonyl (C=O) groups excluding carboxylic acids is 1. The minimum Gasteiger partial charge on any atom is -0.505 e. The number of aryl methyl sites for hydroxylation is 1. The molecule has 0 unspecified atom stereocenters. The second kappa shape index (κ2) is 5.78. The summed E-state index contributed by atoms with van der Waals surface area (Å²) in [6.45, 7) is 1.78. The number of primary amides is 1. The first-order valence-electron chi connectivity index (χ1n) is 6.83. The summed E-state index contributed by atoms with van der Waals surface area (Å²) >= 11 is 6.14. The van der Waals surface area contributed by atoms with Crippen molar-refractivity contribution < 1.29 is 14.6 Å². The van der Waals surface area contributed by atoms with Gasteiger partial charge in [-0.1, -0.05) is 29.8 Å². The number of hydrogen-bond acceptors (Lipinski definition) is 4. The fourth-order valence-corrected chi connectivity index (χ4v) is 2.65. The highest BCUT2D eigenvalue weighted by Gasteiger charge is 2.18. The van der Waals surface area contributed by atoms with Crippen LogP contribution >= 0.6 is 11.6 Å². The lowest BCUT2D eigenvalue weighted by molar-refractivity contribution is 0.0993. The van der Waals surface area contributed by atoms with E-state index >= 15 is 0 Å². The number of para-hydroxylation sites is 1. The number of amides is 1. The molecule has 0 spiro atoms. The van der Waals surface area contributed by atoms with Crippen LogP contribution in [0.15, 0.2) is 42.5 Å². The van der Waals surface area contributed by atoms with Gasteiger partial charge in [-0.15, -0.1) is 0 Å². The number of hydrogen-bond donors (Lipinski definition) is 2. The zero-order chi connectivity index (χ0) is 16.6. The van der Waals surface area contributed by atoms with Crippen LogP contribution in [0, 0.1) is 6.92 Å². The molecule has 0 radical (unpaired) electrons. The summed E-state index contributed by atoms with van der Waals surface area (Å²) in [6, 6.07) is 12.7. The summed E-state index contributed by atoms with van der Waals surface area (Å²) in [4.78, 5) is 15.2. The first kappa shape index (κ1) is 15.1. The summed E-state index contributed by atoms with van der Waals surface area (Å²) in [6.07, 6.45) is 0. The Kier molecular flexibility index (Phi) is 3.80. The minimum absolute atomic E-state index is 0.0770. The monoisotopic (exact) mass is 328 g/mol. The van der Waals surface area contributed by atoms with Crippen LogP contribution in [0.4, 0.5) is 0 Å². The molecule has 5 nitrogen and oxygen atoms in total. The molecule has 3 N–H and O–H groups in total. The Hall–Kier alpha value is -2.79. The normalized spacial score (nSPS) is 10.7. The predicted molar refractivity (Wildman–Crippen MR) is 88.2 cm³/mol. The highest BCUT2D eigenvalue weighted by Crippen LogP contribution is 2.37. The molecule has 3 aromatic rings. The molecule has 0 aliphatic heterocycles. The van der Waals surface area contributed by atoms with Crippen LogP contribution in [0.25, 0.3) is 10.8 Å². The molecule has 1 amide bonds. The molecule has 0 fully saturated rings. The number of rotatable bonds is 3. The molecule has 23 heavy (non-hydrogen) atoms. The molecule has 0 saturated carbocycles. The molecule has 3 rings (SSSR count). The van der Waals surface area contributed by atoms with E-state index in [0.717, 1.165) is 0 Å². The van der Waals surface area contributed by atoms with Crippen molar-refractivity contribution in [1.82, 2.24) is 4.98 Å². The molecule has 0 aliphatic rings. The molecule has 0 bridgehead atoms. The third-order valence-electron chi connectivity index (χ3n) is 3.41. The average Bonchev–Trinajstić information content (AvgIpc) is 2.51. The number of fused-ring (bicyclic) bond motifs is 1. The lowest BCUT2D eigenvalue weighted by Gasteiger charge is -2.12. The standard InChI is InChI=1S/C17H13ClN2O3/c1-9-7-11(23-10-5-3-2-4-6-10)8-12-13(9)15(21)14(17(19)22)20-16(12)18/h2-8,21H,1H3,(H2,19,22). The molecule has 0 aliphatic carbocycles. The Labute approximate surface area is 137 Å². The third-order valence-corrected chi connectivity index (χ3v) is 3.70. The largest absolute Gasteiger partial charge is 0.505 e. The van der Waals surface area contributed by atoms with E-state index in [1.54, 1.807) is 19.1 Å². The van der Waals surface area contributed by atoms with Gasteiger partial charge in [0.05, 0.1) is 0 Å². The molecule has 1 aromatic heterocycles. The Bertz CT molecular complexity index is 911. The Morgan fingerprint density at radius 3 is 2.57 bits per heavy atom. The summed E-state index contributed by atoms with van der Waals surface area (Å²) < 4.78 is 5.78. The van der Waals surface area contributed by atoms with Gasteiger partial charge >= 0.3 is 0 Å². The van der Waals surface area contributed by atoms with Crippen LogP contribution in [0.3, 0.4) is 0 Å². The SMILES string of the molecule is Cc1cc(Oc2ccccc2)cc2c(Cl)nc(C(N)=O)c(O)c12. The minimum atomic E-state index is -0.838. The first-order valence-corrected chi connectivity index (χ1v) is 7.20. The van der Waals surface area contributed by atoms with Crippen molar-refractivity contribution in [3.05, 3.63) is 58.9 Å². The first-order chi connectivity index (χ1) is 11.0. The van der Waals surface area contributed by atoms with Crippen LogP contribution in [0.2, 0.25) is 5.15 Å². The van der Waals surface area contributed by atoms with Gasteiger partial charge in [0, 0.05) is 10.8 Å². The Balaban J connectivity index is 2.17. The van der Waals surface area contributed by atoms with Crippen molar-refractivity contribution >= 4 is 28.3 Å². The molecule has 0 saturated heterocycles. The Morgan fingerprint density at radius 2 is 1.91 bits per heavy atom. The van der Waals surface area contributed by atoms with Gasteiger partial charge in [-0.25, -0.2) is 4.98 Å². The Morgan fingerprint density at radius 1 is 1.22 bits per heavy atom. The van der Waals surface area contributed by atoms with Gasteiger partial charge in [-0.2, -0.15) is 0 Å². The van der Waals surface area contributed by atoms with Crippen molar-refractivity contribution in [2.24, 2.45) is 5.73 Å². The number of aromatic nitrogens is 1. The number of aromatic hydroxyl groups is 1. The maximum atomic E-state index is 11.4. The summed E-state index contributed by atoms with van der Waals surface area (Å²) in [5, 5.41) is 11.2. The van der Waals surface area contributed by atoms with Crippen LogP contribution in [0.1, 0.15) is 16.1 Å². The van der Waals surface area contributed by atoms with Gasteiger partial charge in [0.15, 0.2) is 11.4 Å². The van der Waals surface area contributed by atoms with E-state index in [9.17, 15) is 9.90 Å². The smallest absolute Gasteiger partial charge is 0.271 e. The van der Waals surface area contributed by atoms with Crippen molar-refractivity contribution in [2.45, 2.75) is 6.92 Å². The highest BCUT2D eigenvalue weighted by molar-refractivity contribution is 6.35. The predicted octanol–water partition coefficient (Wildman–Crippen LogP) is 3.79. The molecule has 6 heteroatoms. The summed E-state index contributed by atoms with van der Waals surface area (Å²) in [5.74, 6) is 0.111. The van der Waals surface area contributed by atoms with E-state index in [1.807, 2.05) is 30.3 Å². The number of benzene rings is 2. The highest BCUT2D eigenvalue weighted by atomic mass is 35.5. The van der Waals surface area contributed by atoms with Crippen LogP contribution in [-0.2, 0) is 0 Å². The van der Waals surface area contributed by atoms with E-state index in [0.29, 0.717) is 27.8 Å². The second-order valence-electron chi connectivity index (χ2n) is 5.04. The maximum Gasteiger partial charge on any atom is 0.271 e. The van der Waals surface area contributed by atoms with E-state index in [4.69, 9.17) is 22.1 Å². The molecule has 2 aromatic carbocycles. The summed E-state index contributed by atoms with van der Waals surface area (Å²) in [7, 11) is 0. The number of carbonyl (C=O) groups is 1. The fraction of sp³-hybridized carbons (Fsp3) is 0.0588. The fourth-order valence-electron chi connectivity index (χ4n) is 2.42. The number of halogens is 1. The average molecular weight is 329 g/mol. The zero-order valence-corrected chi connectivity index (χ0v) is 13.0. The van der Waals surface area contributed by atoms with Gasteiger partial charge < -0.3 is 15.6 Å². The van der Waals surface area contributed by atoms with E-state index in [2.05, 4.69) is 4.98 Å². The second-order valence-corrected chi connectivity index (χ2v) is 5.40. The number of nitrogens with zero attached hydrogens (tertiary/aromatic N) is 1. The molecule has 116 valence electrons. The maximum absolute atomic E-state index is 11.4. The third kappa shape index (κ3) is 2.78. The number of pyridine rings is 1. The van der Waals surface area contributed by atoms with Crippen LogP contribution < -0.4 is 10.5 Å². The van der Waals surface area contributed by atoms with Crippen molar-refractivity contribution in [3.8, 4) is 17.2 Å². The van der Waals surface area contributed by atoms with Gasteiger partial charge in [-0.3, -0.25) is 4.79 Å². The number of ether oxygens (including phenoxy) is 1. The number of nitrogens with two attached hydrogens (primary N) is 1. The van der Waals surface area contributed by atoms with Crippen LogP contribution in [0.5, 0.6) is 17.2 Å².